The molecular formula is C29H31NO7. The van der Waals surface area contributed by atoms with Crippen LogP contribution in [0.3, 0.4) is 0 Å². The highest BCUT2D eigenvalue weighted by Gasteiger charge is 2.47. The summed E-state index contributed by atoms with van der Waals surface area (Å²) in [5, 5.41) is 9.18. The average molecular weight is 506 g/mol. The zero-order chi connectivity index (χ0) is 26.5. The molecule has 0 spiro atoms. The van der Waals surface area contributed by atoms with Crippen LogP contribution in [0.5, 0.6) is 0 Å². The average Bonchev–Trinajstić information content (AvgIpc) is 3.45. The molecule has 2 aromatic carbocycles. The summed E-state index contributed by atoms with van der Waals surface area (Å²) < 4.78 is 16.7. The number of ether oxygens (including phenoxy) is 2. The van der Waals surface area contributed by atoms with E-state index in [1.165, 1.54) is 7.11 Å². The first-order valence-corrected chi connectivity index (χ1v) is 12.3. The van der Waals surface area contributed by atoms with Crippen LogP contribution in [-0.2, 0) is 20.7 Å². The summed E-state index contributed by atoms with van der Waals surface area (Å²) in [5.74, 6) is -0.935. The van der Waals surface area contributed by atoms with Gasteiger partial charge in [-0.05, 0) is 43.9 Å². The van der Waals surface area contributed by atoms with Gasteiger partial charge in [-0.1, -0.05) is 60.2 Å². The number of amides is 2. The van der Waals surface area contributed by atoms with Crippen molar-refractivity contribution in [3.05, 3.63) is 83.3 Å². The molecule has 2 heterocycles. The maximum atomic E-state index is 13.5. The van der Waals surface area contributed by atoms with Crippen molar-refractivity contribution in [3.8, 4) is 11.1 Å². The maximum Gasteiger partial charge on any atom is 0.417 e. The van der Waals surface area contributed by atoms with Crippen molar-refractivity contribution in [2.45, 2.75) is 51.4 Å². The van der Waals surface area contributed by atoms with Crippen molar-refractivity contribution >= 4 is 17.8 Å². The Morgan fingerprint density at radius 3 is 2.51 bits per heavy atom. The first kappa shape index (κ1) is 26.3. The fraction of sp³-hybridized carbons (Fsp3) is 0.345. The molecule has 0 aliphatic carbocycles. The molecule has 3 atom stereocenters. The zero-order valence-electron chi connectivity index (χ0n) is 21.2. The van der Waals surface area contributed by atoms with Crippen molar-refractivity contribution < 1.29 is 33.4 Å². The molecule has 4 rings (SSSR count). The third-order valence-corrected chi connectivity index (χ3v) is 6.53. The van der Waals surface area contributed by atoms with Gasteiger partial charge in [-0.25, -0.2) is 9.69 Å². The van der Waals surface area contributed by atoms with E-state index in [-0.39, 0.29) is 12.4 Å². The van der Waals surface area contributed by atoms with E-state index in [1.54, 1.807) is 13.0 Å². The maximum absolute atomic E-state index is 13.5. The van der Waals surface area contributed by atoms with Gasteiger partial charge in [-0.2, -0.15) is 0 Å². The number of benzene rings is 2. The molecule has 1 saturated heterocycles. The van der Waals surface area contributed by atoms with E-state index in [2.05, 4.69) is 0 Å². The number of carbonyl (C=O) groups is 3. The monoisotopic (exact) mass is 505 g/mol. The van der Waals surface area contributed by atoms with Crippen LogP contribution in [0.15, 0.2) is 65.1 Å². The number of Topliss-reactive ketones (excluding diaryl/α,β-unsaturated/α-hetero) is 1. The summed E-state index contributed by atoms with van der Waals surface area (Å²) in [4.78, 5) is 40.5. The van der Waals surface area contributed by atoms with Gasteiger partial charge in [0.15, 0.2) is 5.76 Å². The lowest BCUT2D eigenvalue weighted by Gasteiger charge is -2.22. The quantitative estimate of drug-likeness (QED) is 0.238. The van der Waals surface area contributed by atoms with Crippen LogP contribution in [0.4, 0.5) is 4.79 Å². The third kappa shape index (κ3) is 5.50. The molecule has 1 aliphatic heterocycles. The Bertz CT molecular complexity index is 1270. The minimum Gasteiger partial charge on any atom is -0.457 e. The van der Waals surface area contributed by atoms with E-state index in [1.807, 2.05) is 61.5 Å². The number of aliphatic hydroxyl groups is 1. The topological polar surface area (TPSA) is 106 Å². The molecule has 0 unspecified atom stereocenters. The first-order chi connectivity index (χ1) is 17.8. The summed E-state index contributed by atoms with van der Waals surface area (Å²) in [7, 11) is 1.24. The standard InChI is InChI=1S/C29H31NO7/c1-18-10-9-13-21(16-18)22-17-24(36-23(22)14-7-8-15-31)25(32)27(35-3)28(33)30-19(2)26(37-29(30)34)20-11-5-4-6-12-20/h4-6,9-13,16-17,19,26-27,31H,7-8,14-15H2,1-3H3/t19-,26-,27-/m1/s1. The number of nitrogens with zero attached hydrogens (tertiary/aromatic N) is 1. The number of imide groups is 1. The molecule has 0 saturated carbocycles. The molecule has 1 aliphatic rings. The summed E-state index contributed by atoms with van der Waals surface area (Å²) >= 11 is 0. The number of rotatable bonds is 10. The van der Waals surface area contributed by atoms with Crippen molar-refractivity contribution in [2.24, 2.45) is 0 Å². The Balaban J connectivity index is 1.61. The molecule has 8 heteroatoms. The summed E-state index contributed by atoms with van der Waals surface area (Å²) in [6.45, 7) is 3.72. The Hall–Kier alpha value is -3.75. The van der Waals surface area contributed by atoms with Gasteiger partial charge < -0.3 is 19.0 Å². The number of hydrogen-bond donors (Lipinski definition) is 1. The van der Waals surface area contributed by atoms with Crippen LogP contribution in [0.2, 0.25) is 0 Å². The molecule has 1 aromatic heterocycles. The highest BCUT2D eigenvalue weighted by atomic mass is 16.6. The number of furan rings is 1. The van der Waals surface area contributed by atoms with Crippen LogP contribution in [-0.4, -0.2) is 53.7 Å². The van der Waals surface area contributed by atoms with Crippen LogP contribution in [0.1, 0.15) is 53.3 Å². The Labute approximate surface area is 215 Å². The number of aliphatic hydroxyl groups excluding tert-OH is 1. The lowest BCUT2D eigenvalue weighted by molar-refractivity contribution is -0.137. The molecule has 0 bridgehead atoms. The zero-order valence-corrected chi connectivity index (χ0v) is 21.2. The number of unbranched alkanes of at least 4 members (excludes halogenated alkanes) is 1. The Morgan fingerprint density at radius 1 is 1.08 bits per heavy atom. The number of ketones is 1. The summed E-state index contributed by atoms with van der Waals surface area (Å²) in [5.41, 5.74) is 3.42. The summed E-state index contributed by atoms with van der Waals surface area (Å²) in [6.07, 6.45) is -1.29. The molecule has 2 amide bonds. The predicted octanol–water partition coefficient (Wildman–Crippen LogP) is 4.88. The number of methoxy groups -OCH3 is 1. The van der Waals surface area contributed by atoms with Crippen molar-refractivity contribution in [2.75, 3.05) is 13.7 Å². The van der Waals surface area contributed by atoms with Gasteiger partial charge in [-0.15, -0.1) is 0 Å². The van der Waals surface area contributed by atoms with E-state index in [9.17, 15) is 19.5 Å². The van der Waals surface area contributed by atoms with Gasteiger partial charge in [-0.3, -0.25) is 9.59 Å². The summed E-state index contributed by atoms with van der Waals surface area (Å²) in [6, 6.07) is 17.9. The van der Waals surface area contributed by atoms with Crippen LogP contribution in [0, 0.1) is 6.92 Å². The SMILES string of the molecule is CO[C@H](C(=O)c1cc(-c2cccc(C)c2)c(CCCCO)o1)C(=O)N1C(=O)O[C@@H](c2ccccc2)[C@H]1C. The highest BCUT2D eigenvalue weighted by molar-refractivity contribution is 6.14. The van der Waals surface area contributed by atoms with Crippen molar-refractivity contribution in [1.82, 2.24) is 4.90 Å². The fourth-order valence-electron chi connectivity index (χ4n) is 4.61. The largest absolute Gasteiger partial charge is 0.457 e. The van der Waals surface area contributed by atoms with E-state index in [0.717, 1.165) is 27.2 Å². The van der Waals surface area contributed by atoms with Gasteiger partial charge >= 0.3 is 6.09 Å². The van der Waals surface area contributed by atoms with Crippen LogP contribution < -0.4 is 0 Å². The predicted molar refractivity (Wildman–Crippen MR) is 136 cm³/mol. The molecule has 1 N–H and O–H groups in total. The van der Waals surface area contributed by atoms with Crippen molar-refractivity contribution in [1.29, 1.82) is 0 Å². The number of carbonyl (C=O) groups excluding carboxylic acids is 3. The van der Waals surface area contributed by atoms with Crippen LogP contribution >= 0.6 is 0 Å². The van der Waals surface area contributed by atoms with Crippen molar-refractivity contribution in [3.63, 3.8) is 0 Å². The number of cyclic esters (lactones) is 1. The Kier molecular flexibility index (Phi) is 8.21. The molecular weight excluding hydrogens is 474 g/mol. The highest BCUT2D eigenvalue weighted by Crippen LogP contribution is 2.34. The minimum absolute atomic E-state index is 0.0319. The molecule has 194 valence electrons. The fourth-order valence-corrected chi connectivity index (χ4v) is 4.61. The minimum atomic E-state index is -1.58. The van der Waals surface area contributed by atoms with E-state index >= 15 is 0 Å². The molecule has 8 nitrogen and oxygen atoms in total. The smallest absolute Gasteiger partial charge is 0.417 e. The second kappa shape index (κ2) is 11.5. The number of aryl methyl sites for hydroxylation is 2. The third-order valence-electron chi connectivity index (χ3n) is 6.53. The van der Waals surface area contributed by atoms with Gasteiger partial charge in [0.05, 0.1) is 6.04 Å². The molecule has 37 heavy (non-hydrogen) atoms. The Morgan fingerprint density at radius 2 is 1.84 bits per heavy atom. The molecule has 1 fully saturated rings. The second-order valence-electron chi connectivity index (χ2n) is 9.14. The number of hydrogen-bond acceptors (Lipinski definition) is 7. The van der Waals surface area contributed by atoms with E-state index in [4.69, 9.17) is 13.9 Å². The second-order valence-corrected chi connectivity index (χ2v) is 9.14. The van der Waals surface area contributed by atoms with Gasteiger partial charge in [0, 0.05) is 25.7 Å². The molecule has 0 radical (unpaired) electrons. The van der Waals surface area contributed by atoms with E-state index in [0.29, 0.717) is 25.0 Å². The normalized spacial score (nSPS) is 18.1. The van der Waals surface area contributed by atoms with Gasteiger partial charge in [0.25, 0.3) is 5.91 Å². The lowest BCUT2D eigenvalue weighted by atomic mass is 10.0. The van der Waals surface area contributed by atoms with Crippen LogP contribution in [0.25, 0.3) is 11.1 Å². The lowest BCUT2D eigenvalue weighted by Crippen LogP contribution is -2.47. The van der Waals surface area contributed by atoms with Gasteiger partial charge in [0.1, 0.15) is 11.9 Å². The molecule has 3 aromatic rings. The first-order valence-electron chi connectivity index (χ1n) is 12.3. The van der Waals surface area contributed by atoms with E-state index < -0.39 is 36.0 Å². The van der Waals surface area contributed by atoms with Gasteiger partial charge in [0.2, 0.25) is 11.9 Å².